The van der Waals surface area contributed by atoms with Gasteiger partial charge in [0, 0.05) is 11.4 Å². The van der Waals surface area contributed by atoms with Crippen LogP contribution in [0.5, 0.6) is 0 Å². The highest BCUT2D eigenvalue weighted by Gasteiger charge is 2.25. The number of hydrogen-bond acceptors (Lipinski definition) is 5. The summed E-state index contributed by atoms with van der Waals surface area (Å²) in [6, 6.07) is 16.0. The van der Waals surface area contributed by atoms with Crippen LogP contribution in [-0.2, 0) is 0 Å². The first kappa shape index (κ1) is 14.8. The summed E-state index contributed by atoms with van der Waals surface area (Å²) in [5, 5.41) is 14.9. The topological polar surface area (TPSA) is 85.4 Å². The van der Waals surface area contributed by atoms with Crippen LogP contribution in [0, 0.1) is 10.1 Å². The molecule has 0 radical (unpaired) electrons. The molecule has 2 aromatic carbocycles. The van der Waals surface area contributed by atoms with Crippen LogP contribution in [0.4, 0.5) is 11.4 Å². The van der Waals surface area contributed by atoms with Crippen LogP contribution in [-0.4, -0.2) is 4.92 Å². The van der Waals surface area contributed by atoms with Gasteiger partial charge in [-0.2, -0.15) is 0 Å². The highest BCUT2D eigenvalue weighted by molar-refractivity contribution is 5.94. The number of fused-ring (bicyclic) bond motifs is 1. The molecule has 0 fully saturated rings. The molecule has 116 valence electrons. The third kappa shape index (κ3) is 2.78. The molecule has 1 heterocycles. The predicted octanol–water partition coefficient (Wildman–Crippen LogP) is 3.87. The first-order valence-corrected chi connectivity index (χ1v) is 7.09. The van der Waals surface area contributed by atoms with E-state index in [0.717, 1.165) is 5.56 Å². The van der Waals surface area contributed by atoms with Crippen molar-refractivity contribution < 1.29 is 9.34 Å². The molecule has 6 heteroatoms. The minimum atomic E-state index is -0.962. The second-order valence-electron chi connectivity index (χ2n) is 5.14. The fourth-order valence-corrected chi connectivity index (χ4v) is 2.49. The monoisotopic (exact) mass is 310 g/mol. The molecule has 0 saturated heterocycles. The minimum Gasteiger partial charge on any atom is -0.418 e. The van der Waals surface area contributed by atoms with E-state index in [4.69, 9.17) is 4.42 Å². The molecule has 6 nitrogen and oxygen atoms in total. The number of hydrogen-bond donors (Lipinski definition) is 1. The van der Waals surface area contributed by atoms with Gasteiger partial charge in [-0.1, -0.05) is 42.5 Å². The Hall–Kier alpha value is -3.15. The van der Waals surface area contributed by atoms with Gasteiger partial charge in [-0.3, -0.25) is 10.1 Å². The van der Waals surface area contributed by atoms with Gasteiger partial charge >= 0.3 is 11.3 Å². The van der Waals surface area contributed by atoms with Gasteiger partial charge < -0.3 is 9.73 Å². The third-order valence-electron chi connectivity index (χ3n) is 3.63. The predicted molar refractivity (Wildman–Crippen MR) is 87.6 cm³/mol. The van der Waals surface area contributed by atoms with Gasteiger partial charge in [0.1, 0.15) is 11.3 Å². The van der Waals surface area contributed by atoms with Crippen molar-refractivity contribution in [1.29, 1.82) is 0 Å². The number of rotatable bonds is 4. The molecule has 1 N–H and O–H groups in total. The summed E-state index contributed by atoms with van der Waals surface area (Å²) in [5.74, 6) is 0. The summed E-state index contributed by atoms with van der Waals surface area (Å²) < 4.78 is 5.04. The smallest absolute Gasteiger partial charge is 0.417 e. The SMILES string of the molecule is C[C@@H](Nc1c([N+](=O)[O-])c(=O)oc2ccccc12)c1ccccc1. The van der Waals surface area contributed by atoms with Crippen LogP contribution in [0.2, 0.25) is 0 Å². The van der Waals surface area contributed by atoms with Crippen LogP contribution in [0.1, 0.15) is 18.5 Å². The lowest BCUT2D eigenvalue weighted by Crippen LogP contribution is -2.14. The molecular formula is C17H14N2O4. The number of anilines is 1. The van der Waals surface area contributed by atoms with E-state index in [1.54, 1.807) is 24.3 Å². The van der Waals surface area contributed by atoms with Crippen molar-refractivity contribution in [3.63, 3.8) is 0 Å². The molecule has 3 aromatic rings. The lowest BCUT2D eigenvalue weighted by Gasteiger charge is -2.16. The van der Waals surface area contributed by atoms with E-state index in [-0.39, 0.29) is 11.7 Å². The molecule has 0 aliphatic heterocycles. The van der Waals surface area contributed by atoms with E-state index in [2.05, 4.69) is 5.32 Å². The quantitative estimate of drug-likeness (QED) is 0.449. The van der Waals surface area contributed by atoms with Crippen LogP contribution >= 0.6 is 0 Å². The maximum absolute atomic E-state index is 12.0. The summed E-state index contributed by atoms with van der Waals surface area (Å²) in [5.41, 5.74) is -0.0915. The number of para-hydroxylation sites is 1. The van der Waals surface area contributed by atoms with E-state index < -0.39 is 16.2 Å². The fraction of sp³-hybridized carbons (Fsp3) is 0.118. The van der Waals surface area contributed by atoms with Crippen LogP contribution < -0.4 is 10.9 Å². The first-order chi connectivity index (χ1) is 11.1. The number of nitro groups is 1. The number of nitrogens with one attached hydrogen (secondary N) is 1. The first-order valence-electron chi connectivity index (χ1n) is 7.09. The Balaban J connectivity index is 2.17. The fourth-order valence-electron chi connectivity index (χ4n) is 2.49. The number of benzene rings is 2. The Labute approximate surface area is 131 Å². The zero-order valence-corrected chi connectivity index (χ0v) is 12.4. The Bertz CT molecular complexity index is 919. The van der Waals surface area contributed by atoms with Gasteiger partial charge in [0.05, 0.1) is 4.92 Å². The Kier molecular flexibility index (Phi) is 3.80. The van der Waals surface area contributed by atoms with Crippen molar-refractivity contribution >= 4 is 22.3 Å². The van der Waals surface area contributed by atoms with Crippen LogP contribution in [0.3, 0.4) is 0 Å². The zero-order chi connectivity index (χ0) is 16.4. The highest BCUT2D eigenvalue weighted by Crippen LogP contribution is 2.32. The maximum Gasteiger partial charge on any atom is 0.417 e. The van der Waals surface area contributed by atoms with Crippen molar-refractivity contribution in [2.24, 2.45) is 0 Å². The van der Waals surface area contributed by atoms with Crippen LogP contribution in [0.25, 0.3) is 11.0 Å². The van der Waals surface area contributed by atoms with Gasteiger partial charge in [0.25, 0.3) is 0 Å². The molecule has 0 aliphatic rings. The van der Waals surface area contributed by atoms with Gasteiger partial charge in [-0.05, 0) is 24.6 Å². The Morgan fingerprint density at radius 2 is 1.74 bits per heavy atom. The molecule has 0 aliphatic carbocycles. The molecular weight excluding hydrogens is 296 g/mol. The van der Waals surface area contributed by atoms with Crippen molar-refractivity contribution in [1.82, 2.24) is 0 Å². The summed E-state index contributed by atoms with van der Waals surface area (Å²) in [6.07, 6.45) is 0. The second-order valence-corrected chi connectivity index (χ2v) is 5.14. The standard InChI is InChI=1S/C17H14N2O4/c1-11(12-7-3-2-4-8-12)18-15-13-9-5-6-10-14(13)23-17(20)16(15)19(21)22/h2-11,18H,1H3/t11-/m1/s1. The van der Waals surface area contributed by atoms with Gasteiger partial charge in [-0.15, -0.1) is 0 Å². The average molecular weight is 310 g/mol. The summed E-state index contributed by atoms with van der Waals surface area (Å²) >= 11 is 0. The molecule has 0 bridgehead atoms. The Morgan fingerprint density at radius 3 is 2.43 bits per heavy atom. The molecule has 1 aromatic heterocycles. The van der Waals surface area contributed by atoms with Crippen molar-refractivity contribution in [2.75, 3.05) is 5.32 Å². The average Bonchev–Trinajstić information content (AvgIpc) is 2.55. The molecule has 0 amide bonds. The van der Waals surface area contributed by atoms with Crippen molar-refractivity contribution in [3.8, 4) is 0 Å². The van der Waals surface area contributed by atoms with E-state index in [1.165, 1.54) is 0 Å². The molecule has 1 atom stereocenters. The summed E-state index contributed by atoms with van der Waals surface area (Å²) in [7, 11) is 0. The minimum absolute atomic E-state index is 0.179. The zero-order valence-electron chi connectivity index (χ0n) is 12.4. The molecule has 0 unspecified atom stereocenters. The van der Waals surface area contributed by atoms with E-state index in [0.29, 0.717) is 11.0 Å². The normalized spacial score (nSPS) is 12.0. The molecule has 0 spiro atoms. The van der Waals surface area contributed by atoms with Crippen molar-refractivity contribution in [2.45, 2.75) is 13.0 Å². The largest absolute Gasteiger partial charge is 0.418 e. The summed E-state index contributed by atoms with van der Waals surface area (Å²) in [6.45, 7) is 1.88. The maximum atomic E-state index is 12.0. The lowest BCUT2D eigenvalue weighted by atomic mass is 10.1. The van der Waals surface area contributed by atoms with E-state index in [1.807, 2.05) is 37.3 Å². The third-order valence-corrected chi connectivity index (χ3v) is 3.63. The Morgan fingerprint density at radius 1 is 1.09 bits per heavy atom. The van der Waals surface area contributed by atoms with Gasteiger partial charge in [0.15, 0.2) is 0 Å². The second kappa shape index (κ2) is 5.92. The van der Waals surface area contributed by atoms with Crippen molar-refractivity contribution in [3.05, 3.63) is 80.7 Å². The molecule has 23 heavy (non-hydrogen) atoms. The van der Waals surface area contributed by atoms with E-state index >= 15 is 0 Å². The molecule has 3 rings (SSSR count). The molecule has 0 saturated carbocycles. The number of nitrogens with zero attached hydrogens (tertiary/aromatic N) is 1. The van der Waals surface area contributed by atoms with Gasteiger partial charge in [0.2, 0.25) is 0 Å². The summed E-state index contributed by atoms with van der Waals surface area (Å²) in [4.78, 5) is 22.6. The van der Waals surface area contributed by atoms with E-state index in [9.17, 15) is 14.9 Å². The lowest BCUT2D eigenvalue weighted by molar-refractivity contribution is -0.386. The highest BCUT2D eigenvalue weighted by atomic mass is 16.6. The van der Waals surface area contributed by atoms with Gasteiger partial charge in [-0.25, -0.2) is 4.79 Å². The van der Waals surface area contributed by atoms with Crippen LogP contribution in [0.15, 0.2) is 63.8 Å².